The van der Waals surface area contributed by atoms with Crippen molar-refractivity contribution in [3.05, 3.63) is 70.8 Å². The van der Waals surface area contributed by atoms with Crippen LogP contribution in [0.1, 0.15) is 21.6 Å². The third kappa shape index (κ3) is 3.16. The van der Waals surface area contributed by atoms with Gasteiger partial charge in [-0.2, -0.15) is 10.2 Å². The van der Waals surface area contributed by atoms with Gasteiger partial charge in [-0.25, -0.2) is 4.98 Å². The number of anilines is 1. The number of benzene rings is 1. The van der Waals surface area contributed by atoms with Gasteiger partial charge >= 0.3 is 0 Å². The molecule has 4 rings (SSSR count). The maximum Gasteiger partial charge on any atom is 0.258 e. The number of pyridine rings is 1. The molecule has 26 heavy (non-hydrogen) atoms. The lowest BCUT2D eigenvalue weighted by Crippen LogP contribution is -2.11. The fourth-order valence-electron chi connectivity index (χ4n) is 2.66. The predicted octanol–water partition coefficient (Wildman–Crippen LogP) is 3.42. The van der Waals surface area contributed by atoms with Crippen LogP contribution in [0.25, 0.3) is 11.0 Å². The lowest BCUT2D eigenvalue weighted by molar-refractivity contribution is 0.102. The van der Waals surface area contributed by atoms with Crippen molar-refractivity contribution in [1.82, 2.24) is 25.0 Å². The van der Waals surface area contributed by atoms with Gasteiger partial charge in [-0.1, -0.05) is 29.8 Å². The first-order chi connectivity index (χ1) is 12.6. The van der Waals surface area contributed by atoms with Gasteiger partial charge in [0.25, 0.3) is 5.91 Å². The summed E-state index contributed by atoms with van der Waals surface area (Å²) >= 11 is 6.17. The number of nitrogens with zero attached hydrogens (tertiary/aromatic N) is 4. The molecule has 0 spiro atoms. The molecule has 0 radical (unpaired) electrons. The average Bonchev–Trinajstić information content (AvgIpc) is 3.24. The van der Waals surface area contributed by atoms with Crippen LogP contribution in [0.4, 0.5) is 5.69 Å². The fourth-order valence-corrected chi connectivity index (χ4v) is 2.86. The molecule has 0 aliphatic heterocycles. The van der Waals surface area contributed by atoms with Crippen LogP contribution in [0.5, 0.6) is 0 Å². The Bertz CT molecular complexity index is 1100. The zero-order chi connectivity index (χ0) is 18.1. The van der Waals surface area contributed by atoms with E-state index in [1.807, 2.05) is 37.3 Å². The molecule has 0 saturated heterocycles. The van der Waals surface area contributed by atoms with E-state index < -0.39 is 0 Å². The number of nitrogens with one attached hydrogen (secondary N) is 2. The second-order valence-corrected chi connectivity index (χ2v) is 6.32. The zero-order valence-electron chi connectivity index (χ0n) is 13.9. The van der Waals surface area contributed by atoms with Crippen molar-refractivity contribution in [1.29, 1.82) is 0 Å². The molecule has 130 valence electrons. The number of aryl methyl sites for hydroxylation is 1. The number of rotatable bonds is 4. The summed E-state index contributed by atoms with van der Waals surface area (Å²) in [5.74, 6) is -0.252. The molecule has 0 fully saturated rings. The van der Waals surface area contributed by atoms with Crippen molar-refractivity contribution in [2.75, 3.05) is 5.32 Å². The van der Waals surface area contributed by atoms with Crippen LogP contribution in [-0.4, -0.2) is 30.9 Å². The molecule has 0 aliphatic rings. The first kappa shape index (κ1) is 16.3. The number of carbonyl (C=O) groups is 1. The van der Waals surface area contributed by atoms with Gasteiger partial charge in [-0.15, -0.1) is 0 Å². The summed E-state index contributed by atoms with van der Waals surface area (Å²) in [4.78, 5) is 16.7. The smallest absolute Gasteiger partial charge is 0.258 e. The normalized spacial score (nSPS) is 11.0. The largest absolute Gasteiger partial charge is 0.320 e. The molecule has 0 saturated carbocycles. The first-order valence-corrected chi connectivity index (χ1v) is 8.36. The van der Waals surface area contributed by atoms with Crippen LogP contribution in [0.15, 0.2) is 48.9 Å². The fraction of sp³-hybridized carbons (Fsp3) is 0.111. The van der Waals surface area contributed by atoms with Crippen LogP contribution in [0, 0.1) is 6.92 Å². The van der Waals surface area contributed by atoms with Gasteiger partial charge in [-0.05, 0) is 24.6 Å². The Kier molecular flexibility index (Phi) is 4.14. The van der Waals surface area contributed by atoms with Gasteiger partial charge in [0.15, 0.2) is 5.65 Å². The van der Waals surface area contributed by atoms with Crippen molar-refractivity contribution in [3.63, 3.8) is 0 Å². The molecule has 2 N–H and O–H groups in total. The molecule has 3 heterocycles. The van der Waals surface area contributed by atoms with Gasteiger partial charge in [0.2, 0.25) is 0 Å². The number of aromatic amines is 1. The maximum atomic E-state index is 12.5. The van der Waals surface area contributed by atoms with Crippen molar-refractivity contribution in [2.24, 2.45) is 0 Å². The van der Waals surface area contributed by atoms with E-state index in [9.17, 15) is 4.79 Å². The summed E-state index contributed by atoms with van der Waals surface area (Å²) < 4.78 is 1.68. The van der Waals surface area contributed by atoms with Gasteiger partial charge < -0.3 is 5.32 Å². The average molecular weight is 367 g/mol. The molecular formula is C18H15ClN6O. The molecule has 0 aliphatic carbocycles. The quantitative estimate of drug-likeness (QED) is 0.579. The standard InChI is InChI=1S/C18H15ClN6O/c1-11-15-6-14(8-20-17(15)24-23-11)22-18(26)13-7-21-25(10-13)9-12-4-2-3-5-16(12)19/h2-8,10H,9H2,1H3,(H,22,26)(H,20,23,24). The number of hydrogen-bond acceptors (Lipinski definition) is 4. The van der Waals surface area contributed by atoms with E-state index in [0.717, 1.165) is 16.6 Å². The molecule has 1 aromatic carbocycles. The number of fused-ring (bicyclic) bond motifs is 1. The van der Waals surface area contributed by atoms with E-state index in [-0.39, 0.29) is 5.91 Å². The molecule has 0 unspecified atom stereocenters. The minimum absolute atomic E-state index is 0.252. The van der Waals surface area contributed by atoms with Crippen LogP contribution in [0.2, 0.25) is 5.02 Å². The van der Waals surface area contributed by atoms with E-state index >= 15 is 0 Å². The number of hydrogen-bond donors (Lipinski definition) is 2. The molecular weight excluding hydrogens is 352 g/mol. The summed E-state index contributed by atoms with van der Waals surface area (Å²) in [6.07, 6.45) is 4.80. The Hall–Kier alpha value is -3.19. The van der Waals surface area contributed by atoms with Crippen molar-refractivity contribution in [2.45, 2.75) is 13.5 Å². The topological polar surface area (TPSA) is 88.5 Å². The lowest BCUT2D eigenvalue weighted by Gasteiger charge is -2.04. The Labute approximate surface area is 154 Å². The Morgan fingerprint density at radius 2 is 2.15 bits per heavy atom. The van der Waals surface area contributed by atoms with Crippen LogP contribution in [0.3, 0.4) is 0 Å². The van der Waals surface area contributed by atoms with E-state index in [1.165, 1.54) is 6.20 Å². The van der Waals surface area contributed by atoms with Gasteiger partial charge in [0.1, 0.15) is 0 Å². The predicted molar refractivity (Wildman–Crippen MR) is 99.4 cm³/mol. The van der Waals surface area contributed by atoms with E-state index in [1.54, 1.807) is 17.1 Å². The summed E-state index contributed by atoms with van der Waals surface area (Å²) in [5, 5.41) is 15.6. The molecule has 4 aromatic rings. The minimum Gasteiger partial charge on any atom is -0.320 e. The maximum absolute atomic E-state index is 12.5. The highest BCUT2D eigenvalue weighted by atomic mass is 35.5. The first-order valence-electron chi connectivity index (χ1n) is 7.98. The molecule has 8 heteroatoms. The summed E-state index contributed by atoms with van der Waals surface area (Å²) in [6, 6.07) is 9.39. The number of aromatic nitrogens is 5. The van der Waals surface area contributed by atoms with Crippen molar-refractivity contribution in [3.8, 4) is 0 Å². The van der Waals surface area contributed by atoms with Gasteiger partial charge in [-0.3, -0.25) is 14.6 Å². The van der Waals surface area contributed by atoms with Crippen LogP contribution >= 0.6 is 11.6 Å². The summed E-state index contributed by atoms with van der Waals surface area (Å²) in [6.45, 7) is 2.40. The van der Waals surface area contributed by atoms with Crippen LogP contribution in [-0.2, 0) is 6.54 Å². The third-order valence-electron chi connectivity index (χ3n) is 4.04. The number of halogens is 1. The van der Waals surface area contributed by atoms with Crippen LogP contribution < -0.4 is 5.32 Å². The van der Waals surface area contributed by atoms with Gasteiger partial charge in [0.05, 0.1) is 30.2 Å². The Balaban J connectivity index is 1.50. The molecule has 0 bridgehead atoms. The van der Waals surface area contributed by atoms with Crippen molar-refractivity contribution >= 4 is 34.2 Å². The second kappa shape index (κ2) is 6.61. The second-order valence-electron chi connectivity index (χ2n) is 5.92. The van der Waals surface area contributed by atoms with E-state index in [2.05, 4.69) is 25.6 Å². The number of H-pyrrole nitrogens is 1. The Morgan fingerprint density at radius 1 is 1.31 bits per heavy atom. The summed E-state index contributed by atoms with van der Waals surface area (Å²) in [5.41, 5.74) is 3.52. The Morgan fingerprint density at radius 3 is 3.00 bits per heavy atom. The molecule has 7 nitrogen and oxygen atoms in total. The van der Waals surface area contributed by atoms with E-state index in [0.29, 0.717) is 28.5 Å². The highest BCUT2D eigenvalue weighted by Crippen LogP contribution is 2.19. The number of amides is 1. The zero-order valence-corrected chi connectivity index (χ0v) is 14.7. The summed E-state index contributed by atoms with van der Waals surface area (Å²) in [7, 11) is 0. The highest BCUT2D eigenvalue weighted by molar-refractivity contribution is 6.31. The monoisotopic (exact) mass is 366 g/mol. The number of carbonyl (C=O) groups excluding carboxylic acids is 1. The molecule has 1 amide bonds. The highest BCUT2D eigenvalue weighted by Gasteiger charge is 2.11. The van der Waals surface area contributed by atoms with Crippen molar-refractivity contribution < 1.29 is 4.79 Å². The SMILES string of the molecule is Cc1[nH]nc2ncc(NC(=O)c3cnn(Cc4ccccc4Cl)c3)cc12. The molecule has 0 atom stereocenters. The van der Waals surface area contributed by atoms with Gasteiger partial charge in [0, 0.05) is 22.3 Å². The minimum atomic E-state index is -0.252. The van der Waals surface area contributed by atoms with E-state index in [4.69, 9.17) is 11.6 Å². The third-order valence-corrected chi connectivity index (χ3v) is 4.41. The molecule has 3 aromatic heterocycles. The lowest BCUT2D eigenvalue weighted by atomic mass is 10.2.